The normalized spacial score (nSPS) is 40.1. The minimum Gasteiger partial charge on any atom is -0.354 e. The first-order chi connectivity index (χ1) is 6.83. The third kappa shape index (κ3) is 1.54. The van der Waals surface area contributed by atoms with Gasteiger partial charge in [0.05, 0.1) is 6.04 Å². The van der Waals surface area contributed by atoms with Gasteiger partial charge < -0.3 is 10.6 Å². The van der Waals surface area contributed by atoms with E-state index in [9.17, 15) is 4.79 Å². The number of amides is 1. The number of rotatable bonds is 3. The van der Waals surface area contributed by atoms with Crippen LogP contribution in [0.2, 0.25) is 0 Å². The van der Waals surface area contributed by atoms with Crippen molar-refractivity contribution in [2.24, 2.45) is 11.8 Å². The Labute approximate surface area is 84.6 Å². The summed E-state index contributed by atoms with van der Waals surface area (Å²) in [5, 5.41) is 6.44. The van der Waals surface area contributed by atoms with Crippen molar-refractivity contribution in [1.29, 1.82) is 0 Å². The fourth-order valence-electron chi connectivity index (χ4n) is 2.59. The zero-order valence-electron chi connectivity index (χ0n) is 8.46. The Morgan fingerprint density at radius 2 is 2.21 bits per heavy atom. The molecule has 2 aliphatic carbocycles. The smallest absolute Gasteiger partial charge is 0.237 e. The van der Waals surface area contributed by atoms with Crippen LogP contribution < -0.4 is 10.6 Å². The van der Waals surface area contributed by atoms with E-state index in [1.807, 2.05) is 0 Å². The summed E-state index contributed by atoms with van der Waals surface area (Å²) in [5.41, 5.74) is 0. The van der Waals surface area contributed by atoms with Crippen LogP contribution in [0.25, 0.3) is 0 Å². The van der Waals surface area contributed by atoms with E-state index in [2.05, 4.69) is 10.6 Å². The van der Waals surface area contributed by atoms with Crippen LogP contribution in [-0.2, 0) is 4.79 Å². The third-order valence-electron chi connectivity index (χ3n) is 3.98. The van der Waals surface area contributed by atoms with Crippen LogP contribution in [0.5, 0.6) is 0 Å². The van der Waals surface area contributed by atoms with E-state index in [4.69, 9.17) is 0 Å². The molecule has 2 saturated carbocycles. The van der Waals surface area contributed by atoms with Gasteiger partial charge in [-0.1, -0.05) is 6.42 Å². The van der Waals surface area contributed by atoms with Crippen molar-refractivity contribution in [1.82, 2.24) is 10.6 Å². The van der Waals surface area contributed by atoms with E-state index < -0.39 is 0 Å². The molecule has 3 heteroatoms. The van der Waals surface area contributed by atoms with Gasteiger partial charge in [-0.25, -0.2) is 0 Å². The zero-order valence-corrected chi connectivity index (χ0v) is 8.46. The maximum Gasteiger partial charge on any atom is 0.237 e. The van der Waals surface area contributed by atoms with Gasteiger partial charge in [0, 0.05) is 12.6 Å². The predicted molar refractivity (Wildman–Crippen MR) is 53.8 cm³/mol. The second kappa shape index (κ2) is 3.23. The number of carbonyl (C=O) groups is 1. The number of hydrogen-bond acceptors (Lipinski definition) is 2. The molecule has 1 heterocycles. The number of fused-ring (bicyclic) bond motifs is 1. The molecule has 3 rings (SSSR count). The minimum absolute atomic E-state index is 0.124. The van der Waals surface area contributed by atoms with Gasteiger partial charge in [0.15, 0.2) is 0 Å². The molecule has 0 bridgehead atoms. The first-order valence-electron chi connectivity index (χ1n) is 5.86. The monoisotopic (exact) mass is 194 g/mol. The van der Waals surface area contributed by atoms with E-state index in [-0.39, 0.29) is 11.9 Å². The largest absolute Gasteiger partial charge is 0.354 e. The molecule has 1 amide bonds. The standard InChI is InChI=1S/C11H18N2O/c14-11(12-6-7-2-1-3-7)10-5-8-4-9(8)13-10/h7-10,13H,1-6H2,(H,12,14)/t8-,9-,10-/m0/s1. The van der Waals surface area contributed by atoms with E-state index >= 15 is 0 Å². The van der Waals surface area contributed by atoms with Crippen LogP contribution in [-0.4, -0.2) is 24.5 Å². The summed E-state index contributed by atoms with van der Waals surface area (Å²) in [4.78, 5) is 11.7. The van der Waals surface area contributed by atoms with Crippen molar-refractivity contribution in [2.45, 2.75) is 44.2 Å². The van der Waals surface area contributed by atoms with Crippen LogP contribution >= 0.6 is 0 Å². The molecular formula is C11H18N2O. The molecule has 1 aliphatic heterocycles. The van der Waals surface area contributed by atoms with Gasteiger partial charge in [-0.2, -0.15) is 0 Å². The fourth-order valence-corrected chi connectivity index (χ4v) is 2.59. The van der Waals surface area contributed by atoms with Crippen molar-refractivity contribution < 1.29 is 4.79 Å². The lowest BCUT2D eigenvalue weighted by atomic mass is 9.85. The quantitative estimate of drug-likeness (QED) is 0.692. The first kappa shape index (κ1) is 8.72. The van der Waals surface area contributed by atoms with Gasteiger partial charge in [0.25, 0.3) is 0 Å². The second-order valence-corrected chi connectivity index (χ2v) is 5.10. The highest BCUT2D eigenvalue weighted by Gasteiger charge is 2.47. The lowest BCUT2D eigenvalue weighted by molar-refractivity contribution is -0.123. The highest BCUT2D eigenvalue weighted by Crippen LogP contribution is 2.40. The topological polar surface area (TPSA) is 41.1 Å². The molecule has 3 nitrogen and oxygen atoms in total. The van der Waals surface area contributed by atoms with Crippen LogP contribution in [0.4, 0.5) is 0 Å². The number of nitrogens with one attached hydrogen (secondary N) is 2. The lowest BCUT2D eigenvalue weighted by Gasteiger charge is -2.26. The summed E-state index contributed by atoms with van der Waals surface area (Å²) in [5.74, 6) is 1.83. The maximum atomic E-state index is 11.7. The maximum absolute atomic E-state index is 11.7. The lowest BCUT2D eigenvalue weighted by Crippen LogP contribution is -2.44. The second-order valence-electron chi connectivity index (χ2n) is 5.10. The summed E-state index contributed by atoms with van der Waals surface area (Å²) in [6.07, 6.45) is 6.34. The summed E-state index contributed by atoms with van der Waals surface area (Å²) in [6.45, 7) is 0.909. The molecule has 78 valence electrons. The zero-order chi connectivity index (χ0) is 9.54. The molecule has 0 spiro atoms. The van der Waals surface area contributed by atoms with Crippen LogP contribution in [0.1, 0.15) is 32.1 Å². The first-order valence-corrected chi connectivity index (χ1v) is 5.86. The van der Waals surface area contributed by atoms with Crippen LogP contribution in [0.15, 0.2) is 0 Å². The van der Waals surface area contributed by atoms with Gasteiger partial charge in [0.1, 0.15) is 0 Å². The van der Waals surface area contributed by atoms with Crippen molar-refractivity contribution in [3.05, 3.63) is 0 Å². The molecular weight excluding hydrogens is 176 g/mol. The van der Waals surface area contributed by atoms with E-state index in [0.29, 0.717) is 6.04 Å². The Morgan fingerprint density at radius 3 is 2.79 bits per heavy atom. The highest BCUT2D eigenvalue weighted by molar-refractivity contribution is 5.82. The van der Waals surface area contributed by atoms with Gasteiger partial charge in [-0.15, -0.1) is 0 Å². The van der Waals surface area contributed by atoms with Gasteiger partial charge in [-0.05, 0) is 37.5 Å². The van der Waals surface area contributed by atoms with Crippen LogP contribution in [0.3, 0.4) is 0 Å². The van der Waals surface area contributed by atoms with Gasteiger partial charge in [-0.3, -0.25) is 4.79 Å². The van der Waals surface area contributed by atoms with E-state index in [1.54, 1.807) is 0 Å². The molecule has 14 heavy (non-hydrogen) atoms. The molecule has 3 aliphatic rings. The predicted octanol–water partition coefficient (Wildman–Crippen LogP) is 0.653. The molecule has 3 fully saturated rings. The molecule has 2 N–H and O–H groups in total. The molecule has 0 unspecified atom stereocenters. The van der Waals surface area contributed by atoms with Gasteiger partial charge in [0.2, 0.25) is 5.91 Å². The Bertz CT molecular complexity index is 240. The highest BCUT2D eigenvalue weighted by atomic mass is 16.2. The van der Waals surface area contributed by atoms with Crippen molar-refractivity contribution in [3.8, 4) is 0 Å². The summed E-state index contributed by atoms with van der Waals surface area (Å²) >= 11 is 0. The van der Waals surface area contributed by atoms with Crippen molar-refractivity contribution >= 4 is 5.91 Å². The summed E-state index contributed by atoms with van der Waals surface area (Å²) in [7, 11) is 0. The minimum atomic E-state index is 0.124. The molecule has 0 aromatic carbocycles. The summed E-state index contributed by atoms with van der Waals surface area (Å²) in [6, 6.07) is 0.799. The third-order valence-corrected chi connectivity index (χ3v) is 3.98. The molecule has 3 atom stereocenters. The van der Waals surface area contributed by atoms with Crippen LogP contribution in [0, 0.1) is 11.8 Å². The average molecular weight is 194 g/mol. The molecule has 0 aromatic rings. The number of hydrogen-bond donors (Lipinski definition) is 2. The van der Waals surface area contributed by atoms with E-state index in [0.717, 1.165) is 24.8 Å². The SMILES string of the molecule is O=C(NCC1CCC1)[C@@H]1C[C@@H]2C[C@@H]2N1. The van der Waals surface area contributed by atoms with Gasteiger partial charge >= 0.3 is 0 Å². The molecule has 1 saturated heterocycles. The Morgan fingerprint density at radius 1 is 1.36 bits per heavy atom. The Kier molecular flexibility index (Phi) is 2.01. The Balaban J connectivity index is 1.41. The average Bonchev–Trinajstić information content (AvgIpc) is 2.71. The number of carbonyl (C=O) groups excluding carboxylic acids is 1. The Hall–Kier alpha value is -0.570. The van der Waals surface area contributed by atoms with Crippen molar-refractivity contribution in [2.75, 3.05) is 6.54 Å². The molecule has 0 aromatic heterocycles. The molecule has 0 radical (unpaired) electrons. The van der Waals surface area contributed by atoms with E-state index in [1.165, 1.54) is 25.7 Å². The van der Waals surface area contributed by atoms with Crippen molar-refractivity contribution in [3.63, 3.8) is 0 Å². The summed E-state index contributed by atoms with van der Waals surface area (Å²) < 4.78 is 0. The number of piperidine rings is 1. The fraction of sp³-hybridized carbons (Fsp3) is 0.909.